The molecule has 1 aromatic heterocycles. The second kappa shape index (κ2) is 7.76. The van der Waals surface area contributed by atoms with Gasteiger partial charge in [-0.1, -0.05) is 23.9 Å². The van der Waals surface area contributed by atoms with Gasteiger partial charge in [0.15, 0.2) is 10.9 Å². The van der Waals surface area contributed by atoms with Crippen LogP contribution in [0.3, 0.4) is 0 Å². The molecule has 1 heterocycles. The van der Waals surface area contributed by atoms with Crippen molar-refractivity contribution in [3.05, 3.63) is 24.3 Å². The molecule has 0 fully saturated rings. The van der Waals surface area contributed by atoms with E-state index in [1.807, 2.05) is 24.3 Å². The maximum atomic E-state index is 11.4. The Morgan fingerprint density at radius 2 is 2.09 bits per heavy atom. The summed E-state index contributed by atoms with van der Waals surface area (Å²) in [6.45, 7) is -0.520. The van der Waals surface area contributed by atoms with Gasteiger partial charge in [0.2, 0.25) is 0 Å². The predicted octanol–water partition coefficient (Wildman–Crippen LogP) is 1.52. The van der Waals surface area contributed by atoms with Gasteiger partial charge in [0.1, 0.15) is 0 Å². The number of urea groups is 1. The van der Waals surface area contributed by atoms with Crippen molar-refractivity contribution in [3.63, 3.8) is 0 Å². The number of benzene rings is 1. The first kappa shape index (κ1) is 16.2. The third-order valence-electron chi connectivity index (χ3n) is 2.43. The lowest BCUT2D eigenvalue weighted by Crippen LogP contribution is -2.37. The zero-order chi connectivity index (χ0) is 15.9. The van der Waals surface area contributed by atoms with Crippen LogP contribution < -0.4 is 11.1 Å². The van der Waals surface area contributed by atoms with E-state index < -0.39 is 24.5 Å². The van der Waals surface area contributed by atoms with E-state index >= 15 is 0 Å². The summed E-state index contributed by atoms with van der Waals surface area (Å²) in [6, 6.07) is 6.81. The van der Waals surface area contributed by atoms with Gasteiger partial charge in [-0.2, -0.15) is 0 Å². The van der Waals surface area contributed by atoms with Crippen molar-refractivity contribution in [1.29, 1.82) is 0 Å². The summed E-state index contributed by atoms with van der Waals surface area (Å²) in [7, 11) is 0. The van der Waals surface area contributed by atoms with Crippen LogP contribution in [-0.2, 0) is 14.3 Å². The highest BCUT2D eigenvalue weighted by Gasteiger charge is 2.10. The number of imide groups is 1. The minimum absolute atomic E-state index is 0.143. The molecule has 0 atom stereocenters. The highest BCUT2D eigenvalue weighted by Crippen LogP contribution is 2.29. The van der Waals surface area contributed by atoms with Crippen LogP contribution >= 0.6 is 23.1 Å². The minimum Gasteiger partial charge on any atom is -0.456 e. The van der Waals surface area contributed by atoms with Crippen molar-refractivity contribution in [3.8, 4) is 0 Å². The molecule has 0 unspecified atom stereocenters. The number of para-hydroxylation sites is 1. The first-order valence-electron chi connectivity index (χ1n) is 6.28. The molecule has 3 amide bonds. The highest BCUT2D eigenvalue weighted by atomic mass is 32.2. The normalized spacial score (nSPS) is 10.4. The van der Waals surface area contributed by atoms with E-state index in [0.29, 0.717) is 5.75 Å². The molecule has 0 bridgehead atoms. The highest BCUT2D eigenvalue weighted by molar-refractivity contribution is 8.01. The fourth-order valence-electron chi connectivity index (χ4n) is 1.53. The number of carbonyl (C=O) groups is 3. The number of amides is 3. The zero-order valence-corrected chi connectivity index (χ0v) is 13.0. The van der Waals surface area contributed by atoms with Crippen molar-refractivity contribution < 1.29 is 19.1 Å². The molecular weight excluding hydrogens is 326 g/mol. The number of primary amides is 1. The van der Waals surface area contributed by atoms with E-state index in [9.17, 15) is 14.4 Å². The molecule has 0 radical (unpaired) electrons. The summed E-state index contributed by atoms with van der Waals surface area (Å²) >= 11 is 3.01. The number of hydrogen-bond acceptors (Lipinski definition) is 7. The SMILES string of the molecule is NC(=O)NC(=O)COC(=O)CCSc1nc2ccccc2s1. The molecule has 0 aliphatic heterocycles. The fraction of sp³-hybridized carbons (Fsp3) is 0.231. The van der Waals surface area contributed by atoms with Gasteiger partial charge in [0.25, 0.3) is 5.91 Å². The number of thiazole rings is 1. The number of fused-ring (bicyclic) bond motifs is 1. The number of ether oxygens (including phenoxy) is 1. The number of nitrogens with two attached hydrogens (primary N) is 1. The third-order valence-corrected chi connectivity index (χ3v) is 4.61. The van der Waals surface area contributed by atoms with E-state index in [1.165, 1.54) is 11.8 Å². The van der Waals surface area contributed by atoms with Gasteiger partial charge in [-0.05, 0) is 12.1 Å². The number of esters is 1. The van der Waals surface area contributed by atoms with Crippen LogP contribution in [-0.4, -0.2) is 35.3 Å². The van der Waals surface area contributed by atoms with E-state index in [0.717, 1.165) is 14.6 Å². The molecule has 0 spiro atoms. The van der Waals surface area contributed by atoms with Gasteiger partial charge < -0.3 is 10.5 Å². The second-order valence-corrected chi connectivity index (χ2v) is 6.49. The van der Waals surface area contributed by atoms with Crippen LogP contribution in [0, 0.1) is 0 Å². The van der Waals surface area contributed by atoms with Gasteiger partial charge in [-0.3, -0.25) is 14.9 Å². The van der Waals surface area contributed by atoms with Gasteiger partial charge in [-0.25, -0.2) is 9.78 Å². The summed E-state index contributed by atoms with van der Waals surface area (Å²) < 4.78 is 6.68. The Morgan fingerprint density at radius 1 is 1.32 bits per heavy atom. The zero-order valence-electron chi connectivity index (χ0n) is 11.4. The molecule has 0 aliphatic carbocycles. The summed E-state index contributed by atoms with van der Waals surface area (Å²) in [5, 5.41) is 1.80. The van der Waals surface area contributed by atoms with Crippen molar-refractivity contribution in [2.24, 2.45) is 5.73 Å². The third kappa shape index (κ3) is 5.01. The van der Waals surface area contributed by atoms with E-state index in [1.54, 1.807) is 16.7 Å². The summed E-state index contributed by atoms with van der Waals surface area (Å²) in [5.41, 5.74) is 5.69. The molecule has 2 rings (SSSR count). The lowest BCUT2D eigenvalue weighted by Gasteiger charge is -2.03. The molecule has 0 aliphatic rings. The van der Waals surface area contributed by atoms with Crippen LogP contribution in [0.5, 0.6) is 0 Å². The quantitative estimate of drug-likeness (QED) is 0.609. The van der Waals surface area contributed by atoms with Crippen LogP contribution in [0.2, 0.25) is 0 Å². The number of aromatic nitrogens is 1. The molecule has 2 aromatic rings. The number of thioether (sulfide) groups is 1. The molecule has 116 valence electrons. The van der Waals surface area contributed by atoms with Crippen LogP contribution in [0.15, 0.2) is 28.6 Å². The Labute approximate surface area is 134 Å². The summed E-state index contributed by atoms with van der Waals surface area (Å²) in [6.07, 6.45) is 0.143. The summed E-state index contributed by atoms with van der Waals surface area (Å²) in [5.74, 6) is -0.774. The average Bonchev–Trinajstić information content (AvgIpc) is 2.87. The smallest absolute Gasteiger partial charge is 0.318 e. The van der Waals surface area contributed by atoms with Crippen molar-refractivity contribution in [1.82, 2.24) is 10.3 Å². The van der Waals surface area contributed by atoms with E-state index in [4.69, 9.17) is 10.5 Å². The maximum absolute atomic E-state index is 11.4. The molecule has 7 nitrogen and oxygen atoms in total. The molecular formula is C13H13N3O4S2. The molecule has 22 heavy (non-hydrogen) atoms. The second-order valence-electron chi connectivity index (χ2n) is 4.12. The lowest BCUT2D eigenvalue weighted by atomic mass is 10.3. The monoisotopic (exact) mass is 339 g/mol. The Hall–Kier alpha value is -2.13. The summed E-state index contributed by atoms with van der Waals surface area (Å²) in [4.78, 5) is 37.3. The van der Waals surface area contributed by atoms with Gasteiger partial charge in [-0.15, -0.1) is 11.3 Å². The average molecular weight is 339 g/mol. The van der Waals surface area contributed by atoms with Gasteiger partial charge >= 0.3 is 12.0 Å². The van der Waals surface area contributed by atoms with Crippen molar-refractivity contribution in [2.75, 3.05) is 12.4 Å². The van der Waals surface area contributed by atoms with Crippen molar-refractivity contribution >= 4 is 51.2 Å². The van der Waals surface area contributed by atoms with E-state index in [-0.39, 0.29) is 6.42 Å². The molecule has 0 saturated heterocycles. The minimum atomic E-state index is -0.979. The number of rotatable bonds is 6. The first-order valence-corrected chi connectivity index (χ1v) is 8.08. The number of nitrogens with zero attached hydrogens (tertiary/aromatic N) is 1. The molecule has 1 aromatic carbocycles. The Kier molecular flexibility index (Phi) is 5.73. The topological polar surface area (TPSA) is 111 Å². The Balaban J connectivity index is 1.70. The van der Waals surface area contributed by atoms with Crippen LogP contribution in [0.25, 0.3) is 10.2 Å². The van der Waals surface area contributed by atoms with Gasteiger partial charge in [0, 0.05) is 5.75 Å². The number of nitrogens with one attached hydrogen (secondary N) is 1. The fourth-order valence-corrected chi connectivity index (χ4v) is 3.58. The van der Waals surface area contributed by atoms with Crippen LogP contribution in [0.1, 0.15) is 6.42 Å². The largest absolute Gasteiger partial charge is 0.456 e. The van der Waals surface area contributed by atoms with Gasteiger partial charge in [0.05, 0.1) is 16.6 Å². The first-order chi connectivity index (χ1) is 10.5. The number of carbonyl (C=O) groups excluding carboxylic acids is 3. The Morgan fingerprint density at radius 3 is 2.82 bits per heavy atom. The number of hydrogen-bond donors (Lipinski definition) is 2. The van der Waals surface area contributed by atoms with Crippen molar-refractivity contribution in [2.45, 2.75) is 10.8 Å². The molecule has 3 N–H and O–H groups in total. The van der Waals surface area contributed by atoms with Crippen LogP contribution in [0.4, 0.5) is 4.79 Å². The Bertz CT molecular complexity index is 668. The lowest BCUT2D eigenvalue weighted by molar-refractivity contribution is -0.147. The van der Waals surface area contributed by atoms with E-state index in [2.05, 4.69) is 4.98 Å². The molecule has 9 heteroatoms. The molecule has 0 saturated carbocycles. The maximum Gasteiger partial charge on any atom is 0.318 e. The predicted molar refractivity (Wildman–Crippen MR) is 83.6 cm³/mol. The standard InChI is InChI=1S/C13H13N3O4S2/c14-12(19)16-10(17)7-20-11(18)5-6-21-13-15-8-3-1-2-4-9(8)22-13/h1-4H,5-7H2,(H3,14,16,17,19).